The minimum Gasteiger partial charge on any atom is -1.00 e. The monoisotopic (exact) mass is 470 g/mol. The summed E-state index contributed by atoms with van der Waals surface area (Å²) in [6.07, 6.45) is 5.21. The summed E-state index contributed by atoms with van der Waals surface area (Å²) in [5, 5.41) is 4.89. The number of hydrogen-bond donors (Lipinski definition) is 0. The zero-order valence-electron chi connectivity index (χ0n) is 19.2. The molecule has 0 bridgehead atoms. The predicted octanol–water partition coefficient (Wildman–Crippen LogP) is 3.04. The summed E-state index contributed by atoms with van der Waals surface area (Å²) in [6.45, 7) is 0.167. The fourth-order valence-corrected chi connectivity index (χ4v) is 3.14. The van der Waals surface area contributed by atoms with Crippen molar-refractivity contribution in [2.75, 3.05) is 7.11 Å². The van der Waals surface area contributed by atoms with E-state index in [9.17, 15) is 4.79 Å². The van der Waals surface area contributed by atoms with Crippen molar-refractivity contribution in [2.24, 2.45) is 0 Å². The second kappa shape index (κ2) is 11.8. The van der Waals surface area contributed by atoms with E-state index in [1.165, 1.54) is 13.3 Å². The van der Waals surface area contributed by atoms with Gasteiger partial charge in [-0.1, -0.05) is 65.3 Å². The zero-order valence-corrected chi connectivity index (χ0v) is 21.0. The first-order valence-electron chi connectivity index (χ1n) is 9.79. The van der Waals surface area contributed by atoms with Gasteiger partial charge in [-0.25, -0.2) is 9.78 Å². The summed E-state index contributed by atoms with van der Waals surface area (Å²) in [5.74, 6) is 0.477. The van der Waals surface area contributed by atoms with Crippen LogP contribution in [0.15, 0.2) is 77.4 Å². The third-order valence-corrected chi connectivity index (χ3v) is 4.94. The minimum absolute atomic E-state index is 0. The van der Waals surface area contributed by atoms with Crippen LogP contribution in [0.4, 0.5) is 0 Å². The molecule has 2 aromatic carbocycles. The number of carbonyl (C=O) groups is 1. The maximum atomic E-state index is 11.6. The van der Waals surface area contributed by atoms with E-state index in [0.717, 1.165) is 16.7 Å². The summed E-state index contributed by atoms with van der Waals surface area (Å²) in [4.78, 5) is 15.8. The number of rotatable bonds is 7. The Labute approximate surface area is 220 Å². The molecular weight excluding hydrogens is 451 g/mol. The summed E-state index contributed by atoms with van der Waals surface area (Å²) >= 11 is 6.03. The SMILES string of the molecule is COC(=O)c1ccc(OCc2c(-c3ccc(Cl)cc3)noc2/C=C/c2ccccc2)nc1.[H-].[Na+]. The van der Waals surface area contributed by atoms with Crippen LogP contribution in [0.5, 0.6) is 5.88 Å². The van der Waals surface area contributed by atoms with Crippen molar-refractivity contribution in [3.8, 4) is 17.1 Å². The second-order valence-electron chi connectivity index (χ2n) is 6.79. The maximum Gasteiger partial charge on any atom is 1.00 e. The van der Waals surface area contributed by atoms with Crippen LogP contribution < -0.4 is 34.3 Å². The number of carbonyl (C=O) groups excluding carboxylic acids is 1. The fourth-order valence-electron chi connectivity index (χ4n) is 3.01. The van der Waals surface area contributed by atoms with Crippen LogP contribution in [0.1, 0.15) is 28.7 Å². The van der Waals surface area contributed by atoms with Gasteiger partial charge in [0, 0.05) is 22.8 Å². The Morgan fingerprint density at radius 3 is 2.48 bits per heavy atom. The Kier molecular flexibility index (Phi) is 8.86. The molecule has 162 valence electrons. The number of pyridine rings is 1. The molecule has 0 aliphatic rings. The number of benzene rings is 2. The van der Waals surface area contributed by atoms with Gasteiger partial charge in [0.25, 0.3) is 0 Å². The standard InChI is InChI=1S/C25H19ClN2O4.Na.H/c1-30-25(29)19-10-14-23(27-15-19)31-16-21-22(13-7-17-5-3-2-4-6-17)32-28-24(21)18-8-11-20(26)12-9-18;;/h2-15H,16H2,1H3;;/q;+1;-1/b13-7+;;. The fraction of sp³-hybridized carbons (Fsp3) is 0.0800. The van der Waals surface area contributed by atoms with E-state index in [1.807, 2.05) is 54.6 Å². The Hall–Kier alpha value is -2.90. The van der Waals surface area contributed by atoms with Crippen LogP contribution in [0.3, 0.4) is 0 Å². The molecule has 33 heavy (non-hydrogen) atoms. The van der Waals surface area contributed by atoms with Crippen molar-refractivity contribution in [2.45, 2.75) is 6.61 Å². The smallest absolute Gasteiger partial charge is 1.00 e. The molecule has 0 atom stereocenters. The van der Waals surface area contributed by atoms with E-state index in [0.29, 0.717) is 27.9 Å². The molecule has 4 aromatic rings. The zero-order chi connectivity index (χ0) is 22.3. The van der Waals surface area contributed by atoms with Crippen molar-refractivity contribution in [3.63, 3.8) is 0 Å². The van der Waals surface area contributed by atoms with Gasteiger partial charge in [-0.05, 0) is 29.8 Å². The Morgan fingerprint density at radius 2 is 1.82 bits per heavy atom. The molecule has 0 aliphatic carbocycles. The van der Waals surface area contributed by atoms with Crippen LogP contribution >= 0.6 is 11.6 Å². The van der Waals surface area contributed by atoms with Crippen LogP contribution in [0.25, 0.3) is 23.4 Å². The summed E-state index contributed by atoms with van der Waals surface area (Å²) in [7, 11) is 1.32. The van der Waals surface area contributed by atoms with Crippen molar-refractivity contribution in [3.05, 3.63) is 100 Å². The quantitative estimate of drug-likeness (QED) is 0.305. The number of halogens is 1. The maximum absolute atomic E-state index is 11.6. The van der Waals surface area contributed by atoms with Gasteiger partial charge in [0.1, 0.15) is 12.3 Å². The van der Waals surface area contributed by atoms with E-state index >= 15 is 0 Å². The molecule has 6 nitrogen and oxygen atoms in total. The third-order valence-electron chi connectivity index (χ3n) is 4.68. The first kappa shape index (κ1) is 24.7. The van der Waals surface area contributed by atoms with Gasteiger partial charge >= 0.3 is 35.5 Å². The molecule has 8 heteroatoms. The van der Waals surface area contributed by atoms with Crippen molar-refractivity contribution in [1.29, 1.82) is 0 Å². The summed E-state index contributed by atoms with van der Waals surface area (Å²) < 4.78 is 16.2. The van der Waals surface area contributed by atoms with Gasteiger partial charge in [0.15, 0.2) is 5.76 Å². The van der Waals surface area contributed by atoms with Crippen molar-refractivity contribution < 1.29 is 49.8 Å². The number of ether oxygens (including phenoxy) is 2. The average molecular weight is 471 g/mol. The first-order valence-corrected chi connectivity index (χ1v) is 10.2. The number of aromatic nitrogens is 2. The number of methoxy groups -OCH3 is 1. The Bertz CT molecular complexity index is 1230. The molecule has 4 rings (SSSR count). The normalized spacial score (nSPS) is 10.6. The van der Waals surface area contributed by atoms with Gasteiger partial charge in [-0.15, -0.1) is 0 Å². The average Bonchev–Trinajstić information content (AvgIpc) is 3.25. The van der Waals surface area contributed by atoms with Crippen LogP contribution in [-0.2, 0) is 11.3 Å². The minimum atomic E-state index is -0.457. The van der Waals surface area contributed by atoms with E-state index in [-0.39, 0.29) is 37.6 Å². The van der Waals surface area contributed by atoms with Gasteiger partial charge in [-0.2, -0.15) is 0 Å². The van der Waals surface area contributed by atoms with Gasteiger partial charge in [0.05, 0.1) is 18.2 Å². The summed E-state index contributed by atoms with van der Waals surface area (Å²) in [5.41, 5.74) is 3.64. The molecular formula is C25H20ClN2NaO4. The molecule has 0 amide bonds. The molecule has 2 heterocycles. The van der Waals surface area contributed by atoms with E-state index in [2.05, 4.69) is 14.9 Å². The number of hydrogen-bond acceptors (Lipinski definition) is 6. The molecule has 0 radical (unpaired) electrons. The Morgan fingerprint density at radius 1 is 1.06 bits per heavy atom. The molecule has 0 saturated heterocycles. The van der Waals surface area contributed by atoms with Gasteiger partial charge < -0.3 is 15.4 Å². The molecule has 2 aromatic heterocycles. The van der Waals surface area contributed by atoms with E-state index in [4.69, 9.17) is 20.9 Å². The van der Waals surface area contributed by atoms with Crippen LogP contribution in [0, 0.1) is 0 Å². The number of esters is 1. The van der Waals surface area contributed by atoms with Crippen molar-refractivity contribution in [1.82, 2.24) is 10.1 Å². The molecule has 0 spiro atoms. The second-order valence-corrected chi connectivity index (χ2v) is 7.23. The van der Waals surface area contributed by atoms with Gasteiger partial charge in [0.2, 0.25) is 5.88 Å². The summed E-state index contributed by atoms with van der Waals surface area (Å²) in [6, 6.07) is 20.4. The molecule has 0 fully saturated rings. The van der Waals surface area contributed by atoms with Gasteiger partial charge in [-0.3, -0.25) is 0 Å². The molecule has 0 unspecified atom stereocenters. The predicted molar refractivity (Wildman–Crippen MR) is 123 cm³/mol. The first-order chi connectivity index (χ1) is 15.6. The largest absolute Gasteiger partial charge is 1.00 e. The Balaban J connectivity index is 0.00000204. The topological polar surface area (TPSA) is 74.5 Å². The third kappa shape index (κ3) is 6.33. The molecule has 0 N–H and O–H groups in total. The number of nitrogens with zero attached hydrogens (tertiary/aromatic N) is 2. The van der Waals surface area contributed by atoms with E-state index < -0.39 is 5.97 Å². The van der Waals surface area contributed by atoms with Crippen LogP contribution in [0.2, 0.25) is 5.02 Å². The molecule has 0 saturated carbocycles. The van der Waals surface area contributed by atoms with Crippen LogP contribution in [-0.4, -0.2) is 23.2 Å². The van der Waals surface area contributed by atoms with E-state index in [1.54, 1.807) is 24.3 Å². The molecule has 0 aliphatic heterocycles. The van der Waals surface area contributed by atoms with Crippen molar-refractivity contribution >= 4 is 29.7 Å².